The van der Waals surface area contributed by atoms with Gasteiger partial charge in [0.25, 0.3) is 5.91 Å². The number of nitrogens with zero attached hydrogens (tertiary/aromatic N) is 3. The number of thioether (sulfide) groups is 1. The average Bonchev–Trinajstić information content (AvgIpc) is 3.55. The summed E-state index contributed by atoms with van der Waals surface area (Å²) in [5.41, 5.74) is 4.32. The third-order valence-corrected chi connectivity index (χ3v) is 8.86. The Labute approximate surface area is 262 Å². The van der Waals surface area contributed by atoms with Gasteiger partial charge in [0.15, 0.2) is 0 Å². The highest BCUT2D eigenvalue weighted by molar-refractivity contribution is 8.26. The third kappa shape index (κ3) is 7.51. The largest absolute Gasteiger partial charge is 0.489 e. The van der Waals surface area contributed by atoms with E-state index in [9.17, 15) is 4.79 Å². The van der Waals surface area contributed by atoms with Gasteiger partial charge in [-0.1, -0.05) is 123 Å². The standard InChI is InChI=1S/C34H34ClN3O2S2/c1-2-3-4-5-6-12-20-37-33(39)31(42-34(37)41)22-27-23-38(28-16-8-7-9-17-28)36-32(27)25-15-13-18-29(21-25)40-24-26-14-10-11-19-30(26)35/h7-11,13-19,21-23H,2-6,12,20,24H2,1H3/b31-22-. The number of rotatable bonds is 13. The van der Waals surface area contributed by atoms with Gasteiger partial charge in [0.1, 0.15) is 22.4 Å². The van der Waals surface area contributed by atoms with Crippen molar-refractivity contribution in [2.24, 2.45) is 0 Å². The maximum Gasteiger partial charge on any atom is 0.266 e. The molecule has 0 saturated carbocycles. The molecule has 0 aliphatic carbocycles. The molecule has 1 fully saturated rings. The molecule has 4 aromatic rings. The zero-order valence-electron chi connectivity index (χ0n) is 23.7. The molecule has 8 heteroatoms. The summed E-state index contributed by atoms with van der Waals surface area (Å²) in [7, 11) is 0. The molecule has 0 unspecified atom stereocenters. The monoisotopic (exact) mass is 615 g/mol. The molecule has 5 nitrogen and oxygen atoms in total. The highest BCUT2D eigenvalue weighted by Gasteiger charge is 2.32. The second kappa shape index (κ2) is 14.7. The van der Waals surface area contributed by atoms with Gasteiger partial charge in [-0.15, -0.1) is 0 Å². The average molecular weight is 616 g/mol. The molecule has 3 aromatic carbocycles. The summed E-state index contributed by atoms with van der Waals surface area (Å²) in [4.78, 5) is 15.8. The fourth-order valence-electron chi connectivity index (χ4n) is 4.82. The van der Waals surface area contributed by atoms with E-state index in [2.05, 4.69) is 6.92 Å². The van der Waals surface area contributed by atoms with Crippen molar-refractivity contribution >= 4 is 51.9 Å². The summed E-state index contributed by atoms with van der Waals surface area (Å²) in [5.74, 6) is 0.673. The number of unbranched alkanes of at least 4 members (excludes halogenated alkanes) is 5. The first kappa shape index (κ1) is 30.1. The van der Waals surface area contributed by atoms with Crippen LogP contribution in [0.5, 0.6) is 5.75 Å². The fraction of sp³-hybridized carbons (Fsp3) is 0.265. The van der Waals surface area contributed by atoms with E-state index in [4.69, 9.17) is 33.7 Å². The Hall–Kier alpha value is -3.39. The van der Waals surface area contributed by atoms with E-state index >= 15 is 0 Å². The molecule has 1 amide bonds. The first-order valence-corrected chi connectivity index (χ1v) is 16.0. The molecule has 5 rings (SSSR count). The second-order valence-corrected chi connectivity index (χ2v) is 12.3. The smallest absolute Gasteiger partial charge is 0.266 e. The zero-order valence-corrected chi connectivity index (χ0v) is 26.1. The van der Waals surface area contributed by atoms with Gasteiger partial charge in [0.05, 0.1) is 10.6 Å². The Bertz CT molecular complexity index is 1570. The normalized spacial score (nSPS) is 14.2. The van der Waals surface area contributed by atoms with Gasteiger partial charge in [-0.3, -0.25) is 9.69 Å². The van der Waals surface area contributed by atoms with Gasteiger partial charge in [-0.2, -0.15) is 5.10 Å². The van der Waals surface area contributed by atoms with E-state index in [0.717, 1.165) is 40.9 Å². The molecule has 1 saturated heterocycles. The van der Waals surface area contributed by atoms with E-state index < -0.39 is 0 Å². The second-order valence-electron chi connectivity index (χ2n) is 10.2. The van der Waals surface area contributed by atoms with Crippen molar-refractivity contribution in [2.75, 3.05) is 6.54 Å². The molecule has 0 spiro atoms. The van der Waals surface area contributed by atoms with Crippen molar-refractivity contribution in [2.45, 2.75) is 52.1 Å². The van der Waals surface area contributed by atoms with E-state index in [0.29, 0.717) is 33.1 Å². The van der Waals surface area contributed by atoms with Crippen molar-refractivity contribution in [1.82, 2.24) is 14.7 Å². The number of benzene rings is 3. The van der Waals surface area contributed by atoms with Crippen LogP contribution >= 0.6 is 35.6 Å². The van der Waals surface area contributed by atoms with Crippen molar-refractivity contribution in [3.05, 3.63) is 106 Å². The molecule has 0 atom stereocenters. The van der Waals surface area contributed by atoms with E-state index in [1.54, 1.807) is 4.90 Å². The van der Waals surface area contributed by atoms with Crippen molar-refractivity contribution in [1.29, 1.82) is 0 Å². The SMILES string of the molecule is CCCCCCCCN1C(=O)/C(=C/c2cn(-c3ccccc3)nc2-c2cccc(OCc3ccccc3Cl)c2)SC1=S. The highest BCUT2D eigenvalue weighted by Crippen LogP contribution is 2.36. The van der Waals surface area contributed by atoms with Crippen molar-refractivity contribution in [3.63, 3.8) is 0 Å². The molecular weight excluding hydrogens is 582 g/mol. The minimum Gasteiger partial charge on any atom is -0.489 e. The Morgan fingerprint density at radius 3 is 2.52 bits per heavy atom. The molecule has 0 N–H and O–H groups in total. The number of hydrogen-bond donors (Lipinski definition) is 0. The fourth-order valence-corrected chi connectivity index (χ4v) is 6.31. The minimum atomic E-state index is -0.0335. The van der Waals surface area contributed by atoms with Crippen LogP contribution in [0.15, 0.2) is 90.0 Å². The Morgan fingerprint density at radius 1 is 0.952 bits per heavy atom. The van der Waals surface area contributed by atoms with Gasteiger partial charge in [0.2, 0.25) is 0 Å². The quantitative estimate of drug-likeness (QED) is 0.0852. The Kier molecular flexibility index (Phi) is 10.5. The summed E-state index contributed by atoms with van der Waals surface area (Å²) >= 11 is 13.3. The summed E-state index contributed by atoms with van der Waals surface area (Å²) in [6, 6.07) is 25.4. The summed E-state index contributed by atoms with van der Waals surface area (Å²) < 4.78 is 8.56. The maximum absolute atomic E-state index is 13.4. The number of hydrogen-bond acceptors (Lipinski definition) is 5. The van der Waals surface area contributed by atoms with Crippen LogP contribution in [0.4, 0.5) is 0 Å². The topological polar surface area (TPSA) is 47.4 Å². The number of halogens is 1. The van der Waals surface area contributed by atoms with Crippen LogP contribution in [0.25, 0.3) is 23.0 Å². The number of thiocarbonyl (C=S) groups is 1. The highest BCUT2D eigenvalue weighted by atomic mass is 35.5. The first-order chi connectivity index (χ1) is 20.5. The summed E-state index contributed by atoms with van der Waals surface area (Å²) in [6.07, 6.45) is 10.9. The van der Waals surface area contributed by atoms with E-state index in [1.807, 2.05) is 95.8 Å². The lowest BCUT2D eigenvalue weighted by Crippen LogP contribution is -2.29. The van der Waals surface area contributed by atoms with Crippen molar-refractivity contribution in [3.8, 4) is 22.7 Å². The molecule has 0 bridgehead atoms. The lowest BCUT2D eigenvalue weighted by atomic mass is 10.1. The number of para-hydroxylation sites is 1. The number of amides is 1. The zero-order chi connectivity index (χ0) is 29.3. The van der Waals surface area contributed by atoms with Crippen LogP contribution in [-0.4, -0.2) is 31.5 Å². The van der Waals surface area contributed by atoms with Crippen LogP contribution in [0.3, 0.4) is 0 Å². The number of aromatic nitrogens is 2. The Balaban J connectivity index is 1.39. The predicted octanol–water partition coefficient (Wildman–Crippen LogP) is 9.33. The summed E-state index contributed by atoms with van der Waals surface area (Å²) in [5, 5.41) is 5.62. The summed E-state index contributed by atoms with van der Waals surface area (Å²) in [6.45, 7) is 3.24. The van der Waals surface area contributed by atoms with Crippen LogP contribution in [-0.2, 0) is 11.4 Å². The number of carbonyl (C=O) groups is 1. The lowest BCUT2D eigenvalue weighted by molar-refractivity contribution is -0.122. The van der Waals surface area contributed by atoms with Gasteiger partial charge in [0, 0.05) is 34.5 Å². The molecule has 42 heavy (non-hydrogen) atoms. The number of carbonyl (C=O) groups excluding carboxylic acids is 1. The number of ether oxygens (including phenoxy) is 1. The maximum atomic E-state index is 13.4. The van der Waals surface area contributed by atoms with Crippen LogP contribution in [0.2, 0.25) is 5.02 Å². The van der Waals surface area contributed by atoms with E-state index in [1.165, 1.54) is 37.4 Å². The van der Waals surface area contributed by atoms with Gasteiger partial charge in [-0.25, -0.2) is 4.68 Å². The Morgan fingerprint density at radius 2 is 1.71 bits per heavy atom. The van der Waals surface area contributed by atoms with E-state index in [-0.39, 0.29) is 5.91 Å². The minimum absolute atomic E-state index is 0.0335. The molecular formula is C34H34ClN3O2S2. The van der Waals surface area contributed by atoms with Crippen LogP contribution < -0.4 is 4.74 Å². The van der Waals surface area contributed by atoms with Gasteiger partial charge < -0.3 is 4.74 Å². The van der Waals surface area contributed by atoms with Gasteiger partial charge in [-0.05, 0) is 42.8 Å². The predicted molar refractivity (Wildman–Crippen MR) is 178 cm³/mol. The lowest BCUT2D eigenvalue weighted by Gasteiger charge is -2.14. The van der Waals surface area contributed by atoms with Gasteiger partial charge >= 0.3 is 0 Å². The molecule has 216 valence electrons. The molecule has 1 aliphatic heterocycles. The van der Waals surface area contributed by atoms with Crippen LogP contribution in [0.1, 0.15) is 56.6 Å². The van der Waals surface area contributed by atoms with Crippen LogP contribution in [0, 0.1) is 0 Å². The molecule has 1 aliphatic rings. The third-order valence-electron chi connectivity index (χ3n) is 7.12. The van der Waals surface area contributed by atoms with Crippen molar-refractivity contribution < 1.29 is 9.53 Å². The molecule has 2 heterocycles. The molecule has 1 aromatic heterocycles. The molecule has 0 radical (unpaired) electrons. The first-order valence-electron chi connectivity index (χ1n) is 14.4.